The van der Waals surface area contributed by atoms with Crippen molar-refractivity contribution in [3.05, 3.63) is 70.9 Å². The average molecular weight is 332 g/mol. The minimum atomic E-state index is -0.916. The molecule has 3 rings (SSSR count). The molecule has 1 unspecified atom stereocenters. The van der Waals surface area contributed by atoms with Gasteiger partial charge in [-0.25, -0.2) is 4.79 Å². The van der Waals surface area contributed by atoms with Gasteiger partial charge in [0.25, 0.3) is 0 Å². The fraction of sp³-hybridized carbons (Fsp3) is 0.150. The van der Waals surface area contributed by atoms with Crippen LogP contribution in [0.1, 0.15) is 38.9 Å². The minimum absolute atomic E-state index is 0.253. The van der Waals surface area contributed by atoms with Crippen molar-refractivity contribution in [3.63, 3.8) is 0 Å². The first kappa shape index (κ1) is 16.5. The number of Topliss-reactive ketones (excluding diaryl/α,β-unsaturated/α-hetero) is 1. The first-order valence-corrected chi connectivity index (χ1v) is 7.84. The lowest BCUT2D eigenvalue weighted by atomic mass is 10.0. The van der Waals surface area contributed by atoms with Gasteiger partial charge in [-0.1, -0.05) is 18.2 Å². The van der Waals surface area contributed by atoms with Gasteiger partial charge in [-0.15, -0.1) is 0 Å². The predicted octanol–water partition coefficient (Wildman–Crippen LogP) is 3.78. The first-order valence-electron chi connectivity index (χ1n) is 7.84. The number of ketones is 1. The minimum Gasteiger partial charge on any atom is -0.451 e. The molecule has 0 saturated carbocycles. The molecule has 3 aromatic rings. The number of para-hydroxylation sites is 1. The highest BCUT2D eigenvalue weighted by Crippen LogP contribution is 2.24. The van der Waals surface area contributed by atoms with Gasteiger partial charge >= 0.3 is 5.97 Å². The second kappa shape index (κ2) is 6.62. The highest BCUT2D eigenvalue weighted by atomic mass is 16.5. The Morgan fingerprint density at radius 2 is 1.80 bits per heavy atom. The van der Waals surface area contributed by atoms with Crippen molar-refractivity contribution in [2.24, 2.45) is 0 Å². The molecule has 2 aromatic carbocycles. The van der Waals surface area contributed by atoms with Crippen LogP contribution < -0.4 is 0 Å². The van der Waals surface area contributed by atoms with E-state index in [1.165, 1.54) is 24.3 Å². The zero-order valence-electron chi connectivity index (χ0n) is 13.9. The second-order valence-electron chi connectivity index (χ2n) is 5.77. The summed E-state index contributed by atoms with van der Waals surface area (Å²) in [5.41, 5.74) is 2.90. The van der Waals surface area contributed by atoms with Gasteiger partial charge in [-0.2, -0.15) is 5.26 Å². The zero-order chi connectivity index (χ0) is 18.0. The molecule has 5 heteroatoms. The van der Waals surface area contributed by atoms with E-state index in [9.17, 15) is 9.59 Å². The molecule has 0 spiro atoms. The number of fused-ring (bicyclic) bond motifs is 1. The number of ether oxygens (including phenoxy) is 1. The van der Waals surface area contributed by atoms with Gasteiger partial charge < -0.3 is 9.72 Å². The molecule has 1 N–H and O–H groups in total. The fourth-order valence-electron chi connectivity index (χ4n) is 2.76. The number of aromatic amines is 1. The maximum atomic E-state index is 12.8. The number of nitrogens with one attached hydrogen (secondary N) is 1. The Balaban J connectivity index is 1.81. The molecule has 0 saturated heterocycles. The SMILES string of the molecule is Cc1[nH]c2ccccc2c1C(=O)C(C)OC(=O)c1ccc(C#N)cc1. The highest BCUT2D eigenvalue weighted by molar-refractivity contribution is 6.11. The lowest BCUT2D eigenvalue weighted by Crippen LogP contribution is -2.24. The van der Waals surface area contributed by atoms with E-state index < -0.39 is 12.1 Å². The van der Waals surface area contributed by atoms with Crippen LogP contribution in [0.3, 0.4) is 0 Å². The number of esters is 1. The van der Waals surface area contributed by atoms with Crippen LogP contribution in [-0.2, 0) is 4.74 Å². The topological polar surface area (TPSA) is 83.0 Å². The van der Waals surface area contributed by atoms with Crippen LogP contribution >= 0.6 is 0 Å². The van der Waals surface area contributed by atoms with E-state index >= 15 is 0 Å². The first-order chi connectivity index (χ1) is 12.0. The molecule has 25 heavy (non-hydrogen) atoms. The number of hydrogen-bond donors (Lipinski definition) is 1. The van der Waals surface area contributed by atoms with E-state index in [4.69, 9.17) is 10.00 Å². The van der Waals surface area contributed by atoms with E-state index in [2.05, 4.69) is 4.98 Å². The van der Waals surface area contributed by atoms with Crippen molar-refractivity contribution < 1.29 is 14.3 Å². The monoisotopic (exact) mass is 332 g/mol. The Bertz CT molecular complexity index is 994. The maximum absolute atomic E-state index is 12.8. The Morgan fingerprint density at radius 3 is 2.48 bits per heavy atom. The largest absolute Gasteiger partial charge is 0.451 e. The van der Waals surface area contributed by atoms with Crippen molar-refractivity contribution in [2.75, 3.05) is 0 Å². The number of hydrogen-bond acceptors (Lipinski definition) is 4. The maximum Gasteiger partial charge on any atom is 0.338 e. The van der Waals surface area contributed by atoms with E-state index in [-0.39, 0.29) is 5.78 Å². The Morgan fingerprint density at radius 1 is 1.12 bits per heavy atom. The smallest absolute Gasteiger partial charge is 0.338 e. The molecule has 0 aliphatic carbocycles. The van der Waals surface area contributed by atoms with Crippen LogP contribution in [0.5, 0.6) is 0 Å². The van der Waals surface area contributed by atoms with Crippen LogP contribution in [-0.4, -0.2) is 22.8 Å². The van der Waals surface area contributed by atoms with Crippen molar-refractivity contribution in [3.8, 4) is 6.07 Å². The lowest BCUT2D eigenvalue weighted by molar-refractivity contribution is 0.0319. The molecule has 0 amide bonds. The molecular weight excluding hydrogens is 316 g/mol. The standard InChI is InChI=1S/C20H16N2O3/c1-12-18(16-5-3-4-6-17(16)22-12)19(23)13(2)25-20(24)15-9-7-14(11-21)8-10-15/h3-10,13,22H,1-2H3. The predicted molar refractivity (Wildman–Crippen MR) is 93.4 cm³/mol. The molecule has 0 aliphatic rings. The highest BCUT2D eigenvalue weighted by Gasteiger charge is 2.24. The zero-order valence-corrected chi connectivity index (χ0v) is 13.9. The van der Waals surface area contributed by atoms with Crippen LogP contribution in [0.15, 0.2) is 48.5 Å². The number of H-pyrrole nitrogens is 1. The molecule has 124 valence electrons. The number of aryl methyl sites for hydroxylation is 1. The second-order valence-corrected chi connectivity index (χ2v) is 5.77. The van der Waals surface area contributed by atoms with Crippen LogP contribution in [0, 0.1) is 18.3 Å². The summed E-state index contributed by atoms with van der Waals surface area (Å²) in [7, 11) is 0. The van der Waals surface area contributed by atoms with E-state index in [0.29, 0.717) is 16.7 Å². The fourth-order valence-corrected chi connectivity index (χ4v) is 2.76. The molecule has 0 bridgehead atoms. The van der Waals surface area contributed by atoms with Gasteiger partial charge in [-0.05, 0) is 44.2 Å². The molecule has 1 heterocycles. The third-order valence-corrected chi connectivity index (χ3v) is 4.04. The third-order valence-electron chi connectivity index (χ3n) is 4.04. The number of nitrogens with zero attached hydrogens (tertiary/aromatic N) is 1. The third kappa shape index (κ3) is 3.15. The summed E-state index contributed by atoms with van der Waals surface area (Å²) in [6.45, 7) is 3.38. The molecular formula is C20H16N2O3. The molecule has 1 atom stereocenters. The number of carbonyl (C=O) groups excluding carboxylic acids is 2. The molecule has 1 aromatic heterocycles. The van der Waals surface area contributed by atoms with Crippen molar-refractivity contribution >= 4 is 22.7 Å². The van der Waals surface area contributed by atoms with E-state index in [1.54, 1.807) is 6.92 Å². The summed E-state index contributed by atoms with van der Waals surface area (Å²) < 4.78 is 5.31. The van der Waals surface area contributed by atoms with Gasteiger partial charge in [0.2, 0.25) is 5.78 Å². The normalized spacial score (nSPS) is 11.7. The van der Waals surface area contributed by atoms with Crippen molar-refractivity contribution in [2.45, 2.75) is 20.0 Å². The Kier molecular flexibility index (Phi) is 4.36. The van der Waals surface area contributed by atoms with E-state index in [1.807, 2.05) is 37.3 Å². The van der Waals surface area contributed by atoms with Gasteiger partial charge in [0, 0.05) is 22.2 Å². The Labute approximate surface area is 144 Å². The number of aromatic nitrogens is 1. The van der Waals surface area contributed by atoms with Gasteiger partial charge in [0.1, 0.15) is 0 Å². The average Bonchev–Trinajstić information content (AvgIpc) is 2.96. The Hall–Kier alpha value is -3.39. The summed E-state index contributed by atoms with van der Waals surface area (Å²) in [5.74, 6) is -0.847. The molecule has 0 fully saturated rings. The van der Waals surface area contributed by atoms with Gasteiger partial charge in [0.05, 0.1) is 17.2 Å². The summed E-state index contributed by atoms with van der Waals surface area (Å²) in [4.78, 5) is 28.1. The summed E-state index contributed by atoms with van der Waals surface area (Å²) >= 11 is 0. The van der Waals surface area contributed by atoms with Crippen molar-refractivity contribution in [1.29, 1.82) is 5.26 Å². The van der Waals surface area contributed by atoms with Crippen molar-refractivity contribution in [1.82, 2.24) is 4.98 Å². The molecule has 0 aliphatic heterocycles. The number of rotatable bonds is 4. The lowest BCUT2D eigenvalue weighted by Gasteiger charge is -2.12. The van der Waals surface area contributed by atoms with Crippen LogP contribution in [0.25, 0.3) is 10.9 Å². The summed E-state index contributed by atoms with van der Waals surface area (Å²) in [6.07, 6.45) is -0.916. The van der Waals surface area contributed by atoms with Gasteiger partial charge in [-0.3, -0.25) is 4.79 Å². The number of carbonyl (C=O) groups is 2. The number of nitriles is 1. The van der Waals surface area contributed by atoms with Crippen LogP contribution in [0.4, 0.5) is 0 Å². The van der Waals surface area contributed by atoms with Gasteiger partial charge in [0.15, 0.2) is 6.10 Å². The summed E-state index contributed by atoms with van der Waals surface area (Å²) in [5, 5.41) is 9.60. The number of benzene rings is 2. The molecule has 0 radical (unpaired) electrons. The quantitative estimate of drug-likeness (QED) is 0.582. The molecule has 5 nitrogen and oxygen atoms in total. The summed E-state index contributed by atoms with van der Waals surface area (Å²) in [6, 6.07) is 15.6. The van der Waals surface area contributed by atoms with E-state index in [0.717, 1.165) is 16.6 Å². The van der Waals surface area contributed by atoms with Crippen LogP contribution in [0.2, 0.25) is 0 Å².